The van der Waals surface area contributed by atoms with Crippen molar-refractivity contribution in [2.24, 2.45) is 0 Å². The van der Waals surface area contributed by atoms with Crippen molar-refractivity contribution in [2.45, 2.75) is 69.1 Å². The third-order valence-corrected chi connectivity index (χ3v) is 3.64. The second-order valence-corrected chi connectivity index (χ2v) is 7.46. The molecule has 2 heteroatoms. The number of thiol groups is 1. The van der Waals surface area contributed by atoms with Gasteiger partial charge in [0, 0.05) is 5.25 Å². The molecule has 0 saturated heterocycles. The second kappa shape index (κ2) is 7.05. The van der Waals surface area contributed by atoms with Crippen LogP contribution in [0.4, 0.5) is 0 Å². The van der Waals surface area contributed by atoms with Gasteiger partial charge in [-0.05, 0) is 26.7 Å². The Hall–Kier alpha value is 0.700. The van der Waals surface area contributed by atoms with Crippen LogP contribution in [0, 0.1) is 0 Å². The molecule has 0 aromatic heterocycles. The first kappa shape index (κ1) is 13.7. The maximum Gasteiger partial charge on any atom is 0.0528 e. The standard InChI is InChI=1S/C11H24S2/c1-5-7-9-10(8-6-2)13-11(3,4)12/h10,12H,5-9H2,1-4H3. The lowest BCUT2D eigenvalue weighted by atomic mass is 10.1. The summed E-state index contributed by atoms with van der Waals surface area (Å²) in [7, 11) is 0. The van der Waals surface area contributed by atoms with Crippen LogP contribution in [0.3, 0.4) is 0 Å². The maximum absolute atomic E-state index is 4.57. The number of hydrogen-bond donors (Lipinski definition) is 1. The van der Waals surface area contributed by atoms with E-state index < -0.39 is 0 Å². The Morgan fingerprint density at radius 2 is 1.77 bits per heavy atom. The van der Waals surface area contributed by atoms with Crippen molar-refractivity contribution in [1.29, 1.82) is 0 Å². The van der Waals surface area contributed by atoms with Crippen molar-refractivity contribution >= 4 is 24.4 Å². The summed E-state index contributed by atoms with van der Waals surface area (Å²) in [6.45, 7) is 8.91. The molecule has 80 valence electrons. The number of hydrogen-bond acceptors (Lipinski definition) is 2. The number of rotatable bonds is 7. The first-order chi connectivity index (χ1) is 5.99. The highest BCUT2D eigenvalue weighted by Crippen LogP contribution is 2.36. The first-order valence-corrected chi connectivity index (χ1v) is 6.72. The predicted octanol–water partition coefficient (Wildman–Crippen LogP) is 4.74. The monoisotopic (exact) mass is 220 g/mol. The molecular formula is C11H24S2. The molecule has 0 aromatic carbocycles. The molecule has 1 atom stereocenters. The quantitative estimate of drug-likeness (QED) is 0.477. The third-order valence-electron chi connectivity index (χ3n) is 1.95. The van der Waals surface area contributed by atoms with Crippen molar-refractivity contribution in [3.05, 3.63) is 0 Å². The summed E-state index contributed by atoms with van der Waals surface area (Å²) >= 11 is 6.60. The van der Waals surface area contributed by atoms with Gasteiger partial charge in [0.05, 0.1) is 4.08 Å². The van der Waals surface area contributed by atoms with Crippen molar-refractivity contribution in [1.82, 2.24) is 0 Å². The van der Waals surface area contributed by atoms with Gasteiger partial charge in [0.15, 0.2) is 0 Å². The minimum atomic E-state index is 0.133. The zero-order valence-corrected chi connectivity index (χ0v) is 11.2. The summed E-state index contributed by atoms with van der Waals surface area (Å²) in [5.74, 6) is 0. The molecule has 0 aliphatic carbocycles. The fourth-order valence-corrected chi connectivity index (χ4v) is 3.32. The van der Waals surface area contributed by atoms with Crippen molar-refractivity contribution in [2.75, 3.05) is 0 Å². The molecule has 1 unspecified atom stereocenters. The summed E-state index contributed by atoms with van der Waals surface area (Å²) < 4.78 is 0.133. The van der Waals surface area contributed by atoms with E-state index >= 15 is 0 Å². The van der Waals surface area contributed by atoms with Gasteiger partial charge in [0.2, 0.25) is 0 Å². The summed E-state index contributed by atoms with van der Waals surface area (Å²) in [4.78, 5) is 0. The summed E-state index contributed by atoms with van der Waals surface area (Å²) in [6.07, 6.45) is 6.67. The van der Waals surface area contributed by atoms with Crippen LogP contribution in [0.5, 0.6) is 0 Å². The van der Waals surface area contributed by atoms with Crippen LogP contribution < -0.4 is 0 Å². The minimum Gasteiger partial charge on any atom is -0.162 e. The molecule has 0 heterocycles. The Morgan fingerprint density at radius 1 is 1.15 bits per heavy atom. The van der Waals surface area contributed by atoms with Crippen LogP contribution in [0.1, 0.15) is 59.8 Å². The molecule has 13 heavy (non-hydrogen) atoms. The molecular weight excluding hydrogens is 196 g/mol. The van der Waals surface area contributed by atoms with Gasteiger partial charge in [-0.15, -0.1) is 11.8 Å². The lowest BCUT2D eigenvalue weighted by molar-refractivity contribution is 0.636. The summed E-state index contributed by atoms with van der Waals surface area (Å²) in [6, 6.07) is 0. The van der Waals surface area contributed by atoms with Crippen LogP contribution >= 0.6 is 24.4 Å². The Labute approximate surface area is 93.7 Å². The molecule has 0 fully saturated rings. The fraction of sp³-hybridized carbons (Fsp3) is 1.00. The lowest BCUT2D eigenvalue weighted by Crippen LogP contribution is -2.13. The topological polar surface area (TPSA) is 0 Å². The molecule has 0 saturated carbocycles. The Balaban J connectivity index is 3.79. The van der Waals surface area contributed by atoms with Gasteiger partial charge < -0.3 is 0 Å². The number of unbranched alkanes of at least 4 members (excludes halogenated alkanes) is 1. The van der Waals surface area contributed by atoms with Crippen LogP contribution in [-0.4, -0.2) is 9.33 Å². The highest BCUT2D eigenvalue weighted by molar-refractivity contribution is 8.11. The molecule has 0 aliphatic heterocycles. The van der Waals surface area contributed by atoms with Crippen LogP contribution in [-0.2, 0) is 0 Å². The van der Waals surface area contributed by atoms with Crippen molar-refractivity contribution < 1.29 is 0 Å². The molecule has 0 aromatic rings. The molecule has 0 radical (unpaired) electrons. The van der Waals surface area contributed by atoms with Gasteiger partial charge in [0.1, 0.15) is 0 Å². The molecule has 0 amide bonds. The predicted molar refractivity (Wildman–Crippen MR) is 68.9 cm³/mol. The van der Waals surface area contributed by atoms with Crippen LogP contribution in [0.25, 0.3) is 0 Å². The fourth-order valence-electron chi connectivity index (χ4n) is 1.42. The van der Waals surface area contributed by atoms with Gasteiger partial charge in [-0.3, -0.25) is 0 Å². The Bertz CT molecular complexity index is 116. The normalized spacial score (nSPS) is 14.5. The van der Waals surface area contributed by atoms with E-state index in [0.717, 1.165) is 5.25 Å². The van der Waals surface area contributed by atoms with Crippen molar-refractivity contribution in [3.63, 3.8) is 0 Å². The molecule has 0 spiro atoms. The molecule has 0 bridgehead atoms. The second-order valence-electron chi connectivity index (χ2n) is 4.12. The highest BCUT2D eigenvalue weighted by atomic mass is 32.2. The zero-order valence-electron chi connectivity index (χ0n) is 9.47. The third kappa shape index (κ3) is 9.01. The van der Waals surface area contributed by atoms with E-state index in [4.69, 9.17) is 0 Å². The minimum absolute atomic E-state index is 0.133. The van der Waals surface area contributed by atoms with E-state index in [2.05, 4.69) is 40.3 Å². The average molecular weight is 220 g/mol. The first-order valence-electron chi connectivity index (χ1n) is 5.39. The Morgan fingerprint density at radius 3 is 2.15 bits per heavy atom. The van der Waals surface area contributed by atoms with E-state index in [1.807, 2.05) is 11.8 Å². The average Bonchev–Trinajstić information content (AvgIpc) is 1.98. The van der Waals surface area contributed by atoms with Gasteiger partial charge in [-0.1, -0.05) is 33.1 Å². The maximum atomic E-state index is 4.57. The highest BCUT2D eigenvalue weighted by Gasteiger charge is 2.18. The van der Waals surface area contributed by atoms with Gasteiger partial charge in [-0.25, -0.2) is 0 Å². The largest absolute Gasteiger partial charge is 0.162 e. The van der Waals surface area contributed by atoms with Crippen LogP contribution in [0.15, 0.2) is 0 Å². The molecule has 0 rings (SSSR count). The van der Waals surface area contributed by atoms with Crippen molar-refractivity contribution in [3.8, 4) is 0 Å². The van der Waals surface area contributed by atoms with E-state index in [9.17, 15) is 0 Å². The smallest absolute Gasteiger partial charge is 0.0528 e. The summed E-state index contributed by atoms with van der Waals surface area (Å²) in [5, 5.41) is 0.817. The molecule has 0 N–H and O–H groups in total. The SMILES string of the molecule is CCCCC(CCC)SC(C)(C)S. The summed E-state index contributed by atoms with van der Waals surface area (Å²) in [5.41, 5.74) is 0. The van der Waals surface area contributed by atoms with Gasteiger partial charge >= 0.3 is 0 Å². The van der Waals surface area contributed by atoms with Gasteiger partial charge in [-0.2, -0.15) is 12.6 Å². The van der Waals surface area contributed by atoms with E-state index in [1.165, 1.54) is 32.1 Å². The van der Waals surface area contributed by atoms with E-state index in [0.29, 0.717) is 0 Å². The zero-order chi connectivity index (χ0) is 10.3. The van der Waals surface area contributed by atoms with Gasteiger partial charge in [0.25, 0.3) is 0 Å². The van der Waals surface area contributed by atoms with E-state index in [1.54, 1.807) is 0 Å². The van der Waals surface area contributed by atoms with E-state index in [-0.39, 0.29) is 4.08 Å². The van der Waals surface area contributed by atoms with Crippen LogP contribution in [0.2, 0.25) is 0 Å². The lowest BCUT2D eigenvalue weighted by Gasteiger charge is -2.24. The molecule has 0 aliphatic rings. The number of thioether (sulfide) groups is 1. The molecule has 0 nitrogen and oxygen atoms in total. The Kier molecular flexibility index (Phi) is 7.43.